The first-order valence-corrected chi connectivity index (χ1v) is 14.4. The molecule has 0 spiro atoms. The van der Waals surface area contributed by atoms with Gasteiger partial charge in [-0.2, -0.15) is 0 Å². The van der Waals surface area contributed by atoms with Crippen LogP contribution in [0.3, 0.4) is 0 Å². The third-order valence-corrected chi connectivity index (χ3v) is 8.06. The van der Waals surface area contributed by atoms with Crippen LogP contribution in [0.5, 0.6) is 0 Å². The molecule has 1 amide bonds. The standard InChI is InChI=1S/C27H32Cl2N8O4/c1-3-18-15-36(23-21(29)31-20(22(30)32-23)24-33-34-25(41-24)27(39)40-4-2)13-14-37(18)19-9-11-35(12-10-19)26(38)16-5-7-17(28)8-6-16/h5-8,18-19H,3-4,9-15H2,1-2H3,(H2,30,32)/t18-/m0/s1. The van der Waals surface area contributed by atoms with E-state index in [9.17, 15) is 9.59 Å². The maximum atomic E-state index is 12.9. The van der Waals surface area contributed by atoms with Gasteiger partial charge in [-0.05, 0) is 50.5 Å². The second-order valence-electron chi connectivity index (χ2n) is 9.98. The highest BCUT2D eigenvalue weighted by molar-refractivity contribution is 6.32. The lowest BCUT2D eigenvalue weighted by Gasteiger charge is -2.47. The monoisotopic (exact) mass is 602 g/mol. The van der Waals surface area contributed by atoms with Crippen molar-refractivity contribution in [2.45, 2.75) is 45.2 Å². The number of nitrogens with zero attached hydrogens (tertiary/aromatic N) is 7. The number of nitrogens with two attached hydrogens (primary N) is 1. The number of rotatable bonds is 7. The number of anilines is 2. The molecule has 1 atom stereocenters. The van der Waals surface area contributed by atoms with Crippen LogP contribution >= 0.6 is 23.2 Å². The summed E-state index contributed by atoms with van der Waals surface area (Å²) in [5.74, 6) is -0.503. The molecule has 0 bridgehead atoms. The summed E-state index contributed by atoms with van der Waals surface area (Å²) in [6.45, 7) is 7.67. The molecule has 2 aliphatic heterocycles. The van der Waals surface area contributed by atoms with Gasteiger partial charge >= 0.3 is 11.9 Å². The van der Waals surface area contributed by atoms with Gasteiger partial charge in [-0.3, -0.25) is 9.69 Å². The van der Waals surface area contributed by atoms with E-state index < -0.39 is 5.97 Å². The van der Waals surface area contributed by atoms with Gasteiger partial charge in [0.1, 0.15) is 0 Å². The summed E-state index contributed by atoms with van der Waals surface area (Å²) in [5, 5.41) is 8.32. The molecule has 2 N–H and O–H groups in total. The molecular weight excluding hydrogens is 571 g/mol. The predicted molar refractivity (Wildman–Crippen MR) is 154 cm³/mol. The van der Waals surface area contributed by atoms with E-state index in [4.69, 9.17) is 38.1 Å². The molecule has 0 aliphatic carbocycles. The number of hydrogen-bond acceptors (Lipinski definition) is 11. The highest BCUT2D eigenvalue weighted by Crippen LogP contribution is 2.32. The number of likely N-dealkylation sites (tertiary alicyclic amines) is 1. The largest absolute Gasteiger partial charge is 0.459 e. The first-order valence-electron chi connectivity index (χ1n) is 13.7. The minimum absolute atomic E-state index is 0.0453. The Bertz CT molecular complexity index is 1390. The zero-order chi connectivity index (χ0) is 29.1. The summed E-state index contributed by atoms with van der Waals surface area (Å²) < 4.78 is 10.3. The van der Waals surface area contributed by atoms with Crippen LogP contribution < -0.4 is 10.6 Å². The average molecular weight is 604 g/mol. The molecule has 5 rings (SSSR count). The minimum atomic E-state index is -0.734. The van der Waals surface area contributed by atoms with E-state index in [1.807, 2.05) is 4.90 Å². The van der Waals surface area contributed by atoms with E-state index in [1.54, 1.807) is 31.2 Å². The van der Waals surface area contributed by atoms with Crippen LogP contribution in [0, 0.1) is 0 Å². The molecule has 12 nitrogen and oxygen atoms in total. The second-order valence-corrected chi connectivity index (χ2v) is 10.8. The number of esters is 1. The van der Waals surface area contributed by atoms with Crippen molar-refractivity contribution in [1.29, 1.82) is 0 Å². The Morgan fingerprint density at radius 3 is 2.46 bits per heavy atom. The molecule has 0 radical (unpaired) electrons. The van der Waals surface area contributed by atoms with E-state index in [2.05, 4.69) is 36.9 Å². The lowest BCUT2D eigenvalue weighted by molar-refractivity contribution is 0.0478. The van der Waals surface area contributed by atoms with Crippen LogP contribution in [-0.2, 0) is 4.74 Å². The molecule has 41 heavy (non-hydrogen) atoms. The number of benzene rings is 1. The van der Waals surface area contributed by atoms with Crippen molar-refractivity contribution in [2.75, 3.05) is 50.0 Å². The van der Waals surface area contributed by atoms with E-state index in [1.165, 1.54) is 0 Å². The molecule has 2 fully saturated rings. The molecule has 4 heterocycles. The first-order chi connectivity index (χ1) is 19.8. The van der Waals surface area contributed by atoms with Gasteiger partial charge in [0.2, 0.25) is 0 Å². The van der Waals surface area contributed by atoms with Crippen LogP contribution in [0.2, 0.25) is 10.2 Å². The second kappa shape index (κ2) is 12.6. The Morgan fingerprint density at radius 1 is 1.05 bits per heavy atom. The fourth-order valence-corrected chi connectivity index (χ4v) is 5.83. The lowest BCUT2D eigenvalue weighted by atomic mass is 9.97. The molecule has 0 unspecified atom stereocenters. The molecule has 14 heteroatoms. The number of hydrogen-bond donors (Lipinski definition) is 1. The smallest absolute Gasteiger partial charge is 0.396 e. The number of ether oxygens (including phenoxy) is 1. The quantitative estimate of drug-likeness (QED) is 0.394. The van der Waals surface area contributed by atoms with Gasteiger partial charge in [-0.15, -0.1) is 10.2 Å². The summed E-state index contributed by atoms with van der Waals surface area (Å²) in [4.78, 5) is 40.3. The Kier molecular flexibility index (Phi) is 8.91. The molecule has 3 aromatic rings. The SMILES string of the molecule is CCOC(=O)c1nnc(-c2nc(Cl)c(N3CCN(C4CCN(C(=O)c5ccc(Cl)cc5)CC4)[C@@H](CC)C3)nc2N)o1. The van der Waals surface area contributed by atoms with Crippen LogP contribution in [0.15, 0.2) is 28.7 Å². The Labute approximate surface area is 247 Å². The summed E-state index contributed by atoms with van der Waals surface area (Å²) in [6.07, 6.45) is 2.77. The number of nitrogen functional groups attached to an aromatic ring is 1. The lowest BCUT2D eigenvalue weighted by Crippen LogP contribution is -2.58. The number of halogens is 2. The van der Waals surface area contributed by atoms with Gasteiger partial charge in [0.15, 0.2) is 22.5 Å². The number of piperazine rings is 1. The van der Waals surface area contributed by atoms with Crippen LogP contribution in [0.4, 0.5) is 11.6 Å². The third kappa shape index (κ3) is 6.24. The Morgan fingerprint density at radius 2 is 1.78 bits per heavy atom. The third-order valence-electron chi connectivity index (χ3n) is 7.55. The molecule has 218 valence electrons. The maximum absolute atomic E-state index is 12.9. The van der Waals surface area contributed by atoms with Crippen molar-refractivity contribution in [2.24, 2.45) is 0 Å². The molecule has 0 saturated carbocycles. The molecule has 2 saturated heterocycles. The topological polar surface area (TPSA) is 144 Å². The van der Waals surface area contributed by atoms with Gasteiger partial charge in [0, 0.05) is 55.4 Å². The zero-order valence-corrected chi connectivity index (χ0v) is 24.4. The zero-order valence-electron chi connectivity index (χ0n) is 22.9. The normalized spacial score (nSPS) is 18.5. The Hall–Kier alpha value is -3.48. The average Bonchev–Trinajstić information content (AvgIpc) is 3.48. The summed E-state index contributed by atoms with van der Waals surface area (Å²) in [5.41, 5.74) is 6.98. The highest BCUT2D eigenvalue weighted by atomic mass is 35.5. The highest BCUT2D eigenvalue weighted by Gasteiger charge is 2.35. The van der Waals surface area contributed by atoms with Gasteiger partial charge in [0.05, 0.1) is 6.61 Å². The van der Waals surface area contributed by atoms with Crippen molar-refractivity contribution in [3.8, 4) is 11.6 Å². The number of aromatic nitrogens is 4. The number of carbonyl (C=O) groups excluding carboxylic acids is 2. The van der Waals surface area contributed by atoms with E-state index in [0.29, 0.717) is 48.6 Å². The van der Waals surface area contributed by atoms with Crippen LogP contribution in [0.25, 0.3) is 11.6 Å². The van der Waals surface area contributed by atoms with E-state index in [0.717, 1.165) is 25.8 Å². The van der Waals surface area contributed by atoms with Gasteiger partial charge in [0.25, 0.3) is 11.8 Å². The van der Waals surface area contributed by atoms with Gasteiger partial charge in [-0.25, -0.2) is 14.8 Å². The predicted octanol–water partition coefficient (Wildman–Crippen LogP) is 3.80. The molecule has 2 aromatic heterocycles. The fourth-order valence-electron chi connectivity index (χ4n) is 5.45. The van der Waals surface area contributed by atoms with E-state index >= 15 is 0 Å². The number of amides is 1. The number of carbonyl (C=O) groups is 2. The maximum Gasteiger partial charge on any atom is 0.396 e. The Balaban J connectivity index is 1.22. The summed E-state index contributed by atoms with van der Waals surface area (Å²) >= 11 is 12.5. The van der Waals surface area contributed by atoms with Gasteiger partial charge in [-0.1, -0.05) is 30.1 Å². The van der Waals surface area contributed by atoms with Crippen molar-refractivity contribution in [3.63, 3.8) is 0 Å². The summed E-state index contributed by atoms with van der Waals surface area (Å²) in [6, 6.07) is 7.71. The molecular formula is C27H32Cl2N8O4. The first kappa shape index (κ1) is 29.0. The molecule has 1 aromatic carbocycles. The minimum Gasteiger partial charge on any atom is -0.459 e. The van der Waals surface area contributed by atoms with Crippen molar-refractivity contribution < 1.29 is 18.7 Å². The van der Waals surface area contributed by atoms with Crippen molar-refractivity contribution in [3.05, 3.63) is 45.9 Å². The van der Waals surface area contributed by atoms with Gasteiger partial charge < -0.3 is 24.7 Å². The fraction of sp³-hybridized carbons (Fsp3) is 0.481. The molecule has 2 aliphatic rings. The van der Waals surface area contributed by atoms with Crippen molar-refractivity contribution in [1.82, 2.24) is 30.0 Å². The van der Waals surface area contributed by atoms with Crippen LogP contribution in [-0.4, -0.2) is 93.3 Å². The van der Waals surface area contributed by atoms with Crippen molar-refractivity contribution >= 4 is 46.7 Å². The van der Waals surface area contributed by atoms with E-state index in [-0.39, 0.29) is 47.0 Å². The van der Waals surface area contributed by atoms with Crippen LogP contribution in [0.1, 0.15) is 54.2 Å². The number of piperidine rings is 1. The summed E-state index contributed by atoms with van der Waals surface area (Å²) in [7, 11) is 0.